The van der Waals surface area contributed by atoms with Crippen molar-refractivity contribution in [3.63, 3.8) is 0 Å². The minimum Gasteiger partial charge on any atom is -0.339 e. The number of hydrogen-bond acceptors (Lipinski definition) is 1. The van der Waals surface area contributed by atoms with Crippen LogP contribution in [0.1, 0.15) is 91.4 Å². The molecular weight excluding hydrogens is 258 g/mol. The molecule has 0 heterocycles. The molecule has 2 nitrogen and oxygen atoms in total. The largest absolute Gasteiger partial charge is 0.339 e. The lowest BCUT2D eigenvalue weighted by molar-refractivity contribution is -0.125. The first-order chi connectivity index (χ1) is 10.3. The molecule has 0 aromatic rings. The lowest BCUT2D eigenvalue weighted by Crippen LogP contribution is -2.30. The van der Waals surface area contributed by atoms with E-state index in [9.17, 15) is 4.79 Å². The van der Waals surface area contributed by atoms with Gasteiger partial charge in [-0.1, -0.05) is 71.3 Å². The van der Waals surface area contributed by atoms with Gasteiger partial charge in [0.25, 0.3) is 0 Å². The molecule has 21 heavy (non-hydrogen) atoms. The molecule has 0 spiro atoms. The summed E-state index contributed by atoms with van der Waals surface area (Å²) in [6.07, 6.45) is 17.6. The summed E-state index contributed by atoms with van der Waals surface area (Å²) in [6, 6.07) is 0. The lowest BCUT2D eigenvalue weighted by atomic mass is 10.1. The second kappa shape index (κ2) is 15.6. The molecule has 2 heteroatoms. The fraction of sp³-hybridized carbons (Fsp3) is 0.842. The Morgan fingerprint density at radius 2 is 1.38 bits per heavy atom. The third kappa shape index (κ3) is 12.6. The molecule has 0 N–H and O–H groups in total. The van der Waals surface area contributed by atoms with Crippen LogP contribution in [0.15, 0.2) is 12.2 Å². The van der Waals surface area contributed by atoms with Crippen molar-refractivity contribution in [2.75, 3.05) is 13.1 Å². The maximum absolute atomic E-state index is 12.1. The van der Waals surface area contributed by atoms with Crippen molar-refractivity contribution in [3.8, 4) is 0 Å². The van der Waals surface area contributed by atoms with Crippen LogP contribution in [-0.2, 0) is 4.79 Å². The van der Waals surface area contributed by atoms with E-state index in [1.165, 1.54) is 57.8 Å². The molecule has 0 rings (SSSR count). The van der Waals surface area contributed by atoms with Crippen LogP contribution in [0, 0.1) is 0 Å². The quantitative estimate of drug-likeness (QED) is 0.296. The Morgan fingerprint density at radius 1 is 0.810 bits per heavy atom. The molecule has 0 aromatic heterocycles. The molecule has 1 amide bonds. The molecule has 0 unspecified atom stereocenters. The van der Waals surface area contributed by atoms with E-state index in [1.54, 1.807) is 6.08 Å². The van der Waals surface area contributed by atoms with E-state index in [-0.39, 0.29) is 5.91 Å². The minimum absolute atomic E-state index is 0.196. The predicted molar refractivity (Wildman–Crippen MR) is 93.5 cm³/mol. The number of amides is 1. The maximum Gasteiger partial charge on any atom is 0.246 e. The summed E-state index contributed by atoms with van der Waals surface area (Å²) in [6.45, 7) is 8.28. The molecule has 0 radical (unpaired) electrons. The third-order valence-corrected chi connectivity index (χ3v) is 3.96. The highest BCUT2D eigenvalue weighted by Gasteiger charge is 2.06. The monoisotopic (exact) mass is 295 g/mol. The number of rotatable bonds is 14. The van der Waals surface area contributed by atoms with Gasteiger partial charge in [-0.3, -0.25) is 4.79 Å². The molecule has 0 aliphatic carbocycles. The van der Waals surface area contributed by atoms with E-state index in [1.807, 2.05) is 4.90 Å². The number of hydrogen-bond donors (Lipinski definition) is 0. The van der Waals surface area contributed by atoms with Gasteiger partial charge in [-0.05, 0) is 32.3 Å². The first-order valence-electron chi connectivity index (χ1n) is 9.21. The molecule has 0 aliphatic heterocycles. The summed E-state index contributed by atoms with van der Waals surface area (Å²) < 4.78 is 0. The van der Waals surface area contributed by atoms with Crippen molar-refractivity contribution < 1.29 is 4.79 Å². The summed E-state index contributed by atoms with van der Waals surface area (Å²) in [5.74, 6) is 0.196. The van der Waals surface area contributed by atoms with Gasteiger partial charge >= 0.3 is 0 Å². The van der Waals surface area contributed by atoms with Crippen molar-refractivity contribution in [1.29, 1.82) is 0 Å². The number of unbranched alkanes of at least 4 members (excludes halogenated alkanes) is 9. The van der Waals surface area contributed by atoms with Crippen LogP contribution in [0.2, 0.25) is 0 Å². The Morgan fingerprint density at radius 3 is 1.95 bits per heavy atom. The second-order valence-electron chi connectivity index (χ2n) is 5.94. The predicted octanol–water partition coefficient (Wildman–Crippen LogP) is 5.72. The lowest BCUT2D eigenvalue weighted by Gasteiger charge is -2.19. The Hall–Kier alpha value is -0.790. The van der Waals surface area contributed by atoms with Gasteiger partial charge in [0.1, 0.15) is 0 Å². The van der Waals surface area contributed by atoms with E-state index < -0.39 is 0 Å². The van der Waals surface area contributed by atoms with Crippen LogP contribution in [0.25, 0.3) is 0 Å². The maximum atomic E-state index is 12.1. The number of carbonyl (C=O) groups excluding carboxylic acids is 1. The molecule has 0 bridgehead atoms. The van der Waals surface area contributed by atoms with Gasteiger partial charge in [0.15, 0.2) is 0 Å². The normalized spacial score (nSPS) is 11.2. The van der Waals surface area contributed by atoms with E-state index in [2.05, 4.69) is 26.8 Å². The Labute approximate surface area is 133 Å². The van der Waals surface area contributed by atoms with Crippen molar-refractivity contribution >= 4 is 5.91 Å². The zero-order valence-corrected chi connectivity index (χ0v) is 14.7. The average molecular weight is 296 g/mol. The van der Waals surface area contributed by atoms with Gasteiger partial charge in [-0.25, -0.2) is 0 Å². The average Bonchev–Trinajstić information content (AvgIpc) is 2.50. The van der Waals surface area contributed by atoms with Gasteiger partial charge in [-0.15, -0.1) is 0 Å². The molecule has 0 fully saturated rings. The van der Waals surface area contributed by atoms with Crippen LogP contribution in [0.5, 0.6) is 0 Å². The fourth-order valence-corrected chi connectivity index (χ4v) is 2.49. The highest BCUT2D eigenvalue weighted by Crippen LogP contribution is 2.07. The van der Waals surface area contributed by atoms with Crippen LogP contribution < -0.4 is 0 Å². The van der Waals surface area contributed by atoms with E-state index in [4.69, 9.17) is 0 Å². The molecule has 0 aromatic carbocycles. The first kappa shape index (κ1) is 20.2. The standard InChI is InChI=1S/C19H37NO/c1-4-7-9-11-12-13-15-17-19(21)20(6-3)18-16-14-10-8-5-2/h15,17H,4-14,16,18H2,1-3H3/b17-15+. The van der Waals surface area contributed by atoms with Crippen molar-refractivity contribution in [2.24, 2.45) is 0 Å². The highest BCUT2D eigenvalue weighted by molar-refractivity contribution is 5.87. The molecule has 0 atom stereocenters. The molecule has 0 saturated carbocycles. The van der Waals surface area contributed by atoms with Crippen molar-refractivity contribution in [3.05, 3.63) is 12.2 Å². The summed E-state index contributed by atoms with van der Waals surface area (Å²) in [4.78, 5) is 14.0. The summed E-state index contributed by atoms with van der Waals surface area (Å²) in [7, 11) is 0. The number of likely N-dealkylation sites (N-methyl/N-ethyl adjacent to an activating group) is 1. The van der Waals surface area contributed by atoms with Crippen molar-refractivity contribution in [1.82, 2.24) is 4.90 Å². The van der Waals surface area contributed by atoms with Gasteiger partial charge in [0.05, 0.1) is 0 Å². The SMILES string of the molecule is CCCCCCC/C=C/C(=O)N(CC)CCCCCCC. The summed E-state index contributed by atoms with van der Waals surface area (Å²) >= 11 is 0. The number of nitrogens with zero attached hydrogens (tertiary/aromatic N) is 1. The topological polar surface area (TPSA) is 20.3 Å². The first-order valence-corrected chi connectivity index (χ1v) is 9.21. The zero-order chi connectivity index (χ0) is 15.8. The summed E-state index contributed by atoms with van der Waals surface area (Å²) in [5, 5.41) is 0. The zero-order valence-electron chi connectivity index (χ0n) is 14.7. The van der Waals surface area contributed by atoms with E-state index in [0.29, 0.717) is 0 Å². The van der Waals surface area contributed by atoms with Gasteiger partial charge < -0.3 is 4.90 Å². The van der Waals surface area contributed by atoms with E-state index in [0.717, 1.165) is 25.9 Å². The molecule has 0 aliphatic rings. The minimum atomic E-state index is 0.196. The summed E-state index contributed by atoms with van der Waals surface area (Å²) in [5.41, 5.74) is 0. The smallest absolute Gasteiger partial charge is 0.246 e. The second-order valence-corrected chi connectivity index (χ2v) is 5.94. The number of carbonyl (C=O) groups is 1. The Balaban J connectivity index is 3.72. The van der Waals surface area contributed by atoms with Gasteiger partial charge in [-0.2, -0.15) is 0 Å². The van der Waals surface area contributed by atoms with Crippen LogP contribution in [-0.4, -0.2) is 23.9 Å². The highest BCUT2D eigenvalue weighted by atomic mass is 16.2. The molecule has 124 valence electrons. The third-order valence-electron chi connectivity index (χ3n) is 3.96. The Kier molecular flexibility index (Phi) is 15.0. The van der Waals surface area contributed by atoms with Crippen molar-refractivity contribution in [2.45, 2.75) is 91.4 Å². The van der Waals surface area contributed by atoms with Gasteiger partial charge in [0, 0.05) is 13.1 Å². The van der Waals surface area contributed by atoms with Gasteiger partial charge in [0.2, 0.25) is 5.91 Å². The fourth-order valence-electron chi connectivity index (χ4n) is 2.49. The molecule has 0 saturated heterocycles. The number of allylic oxidation sites excluding steroid dienone is 1. The molecular formula is C19H37NO. The van der Waals surface area contributed by atoms with Crippen LogP contribution >= 0.6 is 0 Å². The Bertz CT molecular complexity index is 260. The van der Waals surface area contributed by atoms with Crippen LogP contribution in [0.4, 0.5) is 0 Å². The van der Waals surface area contributed by atoms with Crippen LogP contribution in [0.3, 0.4) is 0 Å². The van der Waals surface area contributed by atoms with E-state index >= 15 is 0 Å².